The van der Waals surface area contributed by atoms with Gasteiger partial charge in [0, 0.05) is 33.7 Å². The average Bonchev–Trinajstić information content (AvgIpc) is 2.82. The van der Waals surface area contributed by atoms with E-state index in [4.69, 9.17) is 16.3 Å². The van der Waals surface area contributed by atoms with Gasteiger partial charge in [0.2, 0.25) is 26.0 Å². The molecule has 1 amide bonds. The summed E-state index contributed by atoms with van der Waals surface area (Å²) in [6, 6.07) is 10.5. The van der Waals surface area contributed by atoms with E-state index in [1.54, 1.807) is 12.1 Å². The van der Waals surface area contributed by atoms with Crippen LogP contribution in [0.3, 0.4) is 0 Å². The van der Waals surface area contributed by atoms with Crippen LogP contribution < -0.4 is 10.1 Å². The standard InChI is InChI=1S/C22H28ClN3O6S2/c1-25(2)33(28,29)18-8-6-16(7-9-18)14-24-22(27)17-5-4-12-26(15-17)34(30,31)19-10-11-21(32-3)20(23)13-19/h6-11,13,17H,4-5,12,14-15H2,1-3H3,(H,24,27)/t17-/m1/s1. The van der Waals surface area contributed by atoms with Crippen LogP contribution in [0.2, 0.25) is 5.02 Å². The molecule has 0 unspecified atom stereocenters. The Morgan fingerprint density at radius 3 is 2.35 bits per heavy atom. The molecule has 1 N–H and O–H groups in total. The molecule has 0 spiro atoms. The molecule has 1 saturated heterocycles. The fourth-order valence-electron chi connectivity index (χ4n) is 3.65. The van der Waals surface area contributed by atoms with Gasteiger partial charge in [-0.2, -0.15) is 4.31 Å². The van der Waals surface area contributed by atoms with Gasteiger partial charge in [0.05, 0.1) is 27.8 Å². The minimum absolute atomic E-state index is 0.0483. The van der Waals surface area contributed by atoms with Gasteiger partial charge in [-0.1, -0.05) is 23.7 Å². The van der Waals surface area contributed by atoms with Crippen LogP contribution in [0.25, 0.3) is 0 Å². The third-order valence-corrected chi connectivity index (χ3v) is 9.67. The van der Waals surface area contributed by atoms with E-state index in [1.165, 1.54) is 55.8 Å². The molecule has 1 fully saturated rings. The molecule has 0 aromatic heterocycles. The van der Waals surface area contributed by atoms with Crippen LogP contribution in [-0.2, 0) is 31.4 Å². The quantitative estimate of drug-likeness (QED) is 0.561. The van der Waals surface area contributed by atoms with Crippen molar-refractivity contribution in [3.8, 4) is 5.75 Å². The van der Waals surface area contributed by atoms with Crippen molar-refractivity contribution in [2.45, 2.75) is 29.2 Å². The van der Waals surface area contributed by atoms with Crippen molar-refractivity contribution in [3.05, 3.63) is 53.1 Å². The number of nitrogens with zero attached hydrogens (tertiary/aromatic N) is 2. The predicted octanol–water partition coefficient (Wildman–Crippen LogP) is 2.32. The van der Waals surface area contributed by atoms with Gasteiger partial charge in [0.25, 0.3) is 0 Å². The summed E-state index contributed by atoms with van der Waals surface area (Å²) in [5.41, 5.74) is 0.735. The maximum absolute atomic E-state index is 13.1. The van der Waals surface area contributed by atoms with Crippen molar-refractivity contribution >= 4 is 37.6 Å². The van der Waals surface area contributed by atoms with Crippen molar-refractivity contribution in [2.24, 2.45) is 5.92 Å². The second-order valence-electron chi connectivity index (χ2n) is 8.15. The number of sulfonamides is 2. The summed E-state index contributed by atoms with van der Waals surface area (Å²) >= 11 is 6.10. The third-order valence-electron chi connectivity index (χ3n) is 5.68. The molecule has 12 heteroatoms. The molecular weight excluding hydrogens is 502 g/mol. The van der Waals surface area contributed by atoms with E-state index < -0.39 is 26.0 Å². The van der Waals surface area contributed by atoms with Crippen LogP contribution in [0.1, 0.15) is 18.4 Å². The number of halogens is 1. The number of hydrogen-bond acceptors (Lipinski definition) is 6. The summed E-state index contributed by atoms with van der Waals surface area (Å²) in [6.45, 7) is 0.591. The van der Waals surface area contributed by atoms with Crippen molar-refractivity contribution in [3.63, 3.8) is 0 Å². The normalized spacial score (nSPS) is 17.5. The molecule has 0 bridgehead atoms. The fourth-order valence-corrected chi connectivity index (χ4v) is 6.43. The zero-order chi connectivity index (χ0) is 25.1. The van der Waals surface area contributed by atoms with Crippen LogP contribution in [0.5, 0.6) is 5.75 Å². The lowest BCUT2D eigenvalue weighted by molar-refractivity contribution is -0.126. The lowest BCUT2D eigenvalue weighted by Gasteiger charge is -2.31. The Kier molecular flexibility index (Phi) is 8.25. The van der Waals surface area contributed by atoms with E-state index >= 15 is 0 Å². The molecule has 0 saturated carbocycles. The summed E-state index contributed by atoms with van der Waals surface area (Å²) in [4.78, 5) is 13.0. The number of ether oxygens (including phenoxy) is 1. The third kappa shape index (κ3) is 5.72. The topological polar surface area (TPSA) is 113 Å². The number of amides is 1. The SMILES string of the molecule is COc1ccc(S(=O)(=O)N2CCC[C@@H](C(=O)NCc3ccc(S(=O)(=O)N(C)C)cc3)C2)cc1Cl. The molecular formula is C22H28ClN3O6S2. The number of nitrogens with one attached hydrogen (secondary N) is 1. The minimum atomic E-state index is -3.82. The Balaban J connectivity index is 1.64. The number of hydrogen-bond donors (Lipinski definition) is 1. The maximum Gasteiger partial charge on any atom is 0.243 e. The highest BCUT2D eigenvalue weighted by Crippen LogP contribution is 2.30. The molecule has 186 valence electrons. The van der Waals surface area contributed by atoms with Crippen molar-refractivity contribution in [1.29, 1.82) is 0 Å². The highest BCUT2D eigenvalue weighted by Gasteiger charge is 2.33. The second-order valence-corrected chi connectivity index (χ2v) is 12.6. The minimum Gasteiger partial charge on any atom is -0.495 e. The molecule has 2 aromatic rings. The summed E-state index contributed by atoms with van der Waals surface area (Å²) in [7, 11) is -2.97. The highest BCUT2D eigenvalue weighted by molar-refractivity contribution is 7.89. The first kappa shape index (κ1) is 26.4. The van der Waals surface area contributed by atoms with Crippen LogP contribution >= 0.6 is 11.6 Å². The number of methoxy groups -OCH3 is 1. The van der Waals surface area contributed by atoms with E-state index in [0.29, 0.717) is 25.1 Å². The van der Waals surface area contributed by atoms with E-state index in [0.717, 1.165) is 9.87 Å². The van der Waals surface area contributed by atoms with Crippen molar-refractivity contribution < 1.29 is 26.4 Å². The molecule has 0 radical (unpaired) electrons. The Hall–Kier alpha value is -2.18. The van der Waals surface area contributed by atoms with Gasteiger partial charge >= 0.3 is 0 Å². The van der Waals surface area contributed by atoms with Crippen molar-refractivity contribution in [1.82, 2.24) is 13.9 Å². The molecule has 1 heterocycles. The molecule has 1 atom stereocenters. The fraction of sp³-hybridized carbons (Fsp3) is 0.409. The first-order valence-electron chi connectivity index (χ1n) is 10.6. The Bertz CT molecular complexity index is 1250. The lowest BCUT2D eigenvalue weighted by Crippen LogP contribution is -2.45. The molecule has 1 aliphatic heterocycles. The zero-order valence-corrected chi connectivity index (χ0v) is 21.6. The van der Waals surface area contributed by atoms with Gasteiger partial charge in [0.15, 0.2) is 0 Å². The Labute approximate surface area is 205 Å². The second kappa shape index (κ2) is 10.6. The number of benzene rings is 2. The number of piperidine rings is 1. The number of rotatable bonds is 8. The molecule has 1 aliphatic rings. The maximum atomic E-state index is 13.1. The molecule has 0 aliphatic carbocycles. The number of carbonyl (C=O) groups is 1. The average molecular weight is 530 g/mol. The van der Waals surface area contributed by atoms with E-state index in [9.17, 15) is 21.6 Å². The highest BCUT2D eigenvalue weighted by atomic mass is 35.5. The summed E-state index contributed by atoms with van der Waals surface area (Å²) in [5, 5.41) is 3.02. The molecule has 2 aromatic carbocycles. The summed E-state index contributed by atoms with van der Waals surface area (Å²) < 4.78 is 58.0. The smallest absolute Gasteiger partial charge is 0.243 e. The van der Waals surface area contributed by atoms with Crippen LogP contribution in [0.15, 0.2) is 52.3 Å². The largest absolute Gasteiger partial charge is 0.495 e. The van der Waals surface area contributed by atoms with Gasteiger partial charge in [-0.3, -0.25) is 4.79 Å². The van der Waals surface area contributed by atoms with Crippen LogP contribution in [-0.4, -0.2) is 65.6 Å². The monoisotopic (exact) mass is 529 g/mol. The van der Waals surface area contributed by atoms with Gasteiger partial charge in [-0.25, -0.2) is 21.1 Å². The van der Waals surface area contributed by atoms with Gasteiger partial charge in [-0.15, -0.1) is 0 Å². The van der Waals surface area contributed by atoms with E-state index in [1.807, 2.05) is 0 Å². The van der Waals surface area contributed by atoms with Crippen molar-refractivity contribution in [2.75, 3.05) is 34.3 Å². The first-order chi connectivity index (χ1) is 16.0. The van der Waals surface area contributed by atoms with E-state index in [-0.39, 0.29) is 33.8 Å². The Morgan fingerprint density at radius 2 is 1.76 bits per heavy atom. The summed E-state index contributed by atoms with van der Waals surface area (Å²) in [5.74, 6) is -0.368. The molecule has 3 rings (SSSR count). The summed E-state index contributed by atoms with van der Waals surface area (Å²) in [6.07, 6.45) is 1.12. The van der Waals surface area contributed by atoms with Gasteiger partial charge < -0.3 is 10.1 Å². The van der Waals surface area contributed by atoms with E-state index in [2.05, 4.69) is 5.32 Å². The zero-order valence-electron chi connectivity index (χ0n) is 19.2. The van der Waals surface area contributed by atoms with Crippen LogP contribution in [0.4, 0.5) is 0 Å². The lowest BCUT2D eigenvalue weighted by atomic mass is 9.99. The molecule has 34 heavy (non-hydrogen) atoms. The first-order valence-corrected chi connectivity index (χ1v) is 13.9. The van der Waals surface area contributed by atoms with Gasteiger partial charge in [-0.05, 0) is 48.7 Å². The van der Waals surface area contributed by atoms with Crippen LogP contribution in [0, 0.1) is 5.92 Å². The number of carbonyl (C=O) groups excluding carboxylic acids is 1. The predicted molar refractivity (Wildman–Crippen MR) is 129 cm³/mol. The Morgan fingerprint density at radius 1 is 1.12 bits per heavy atom. The van der Waals surface area contributed by atoms with Gasteiger partial charge in [0.1, 0.15) is 5.75 Å². The molecule has 9 nitrogen and oxygen atoms in total.